The van der Waals surface area contributed by atoms with Crippen LogP contribution >= 0.6 is 0 Å². The molecule has 0 fully saturated rings. The minimum atomic E-state index is -0.715. The highest BCUT2D eigenvalue weighted by Crippen LogP contribution is 2.24. The van der Waals surface area contributed by atoms with Crippen LogP contribution in [-0.2, 0) is 0 Å². The number of rotatable bonds is 1. The van der Waals surface area contributed by atoms with E-state index < -0.39 is 12.2 Å². The highest BCUT2D eigenvalue weighted by atomic mass is 16.3. The Morgan fingerprint density at radius 3 is 2.25 bits per heavy atom. The molecule has 0 saturated heterocycles. The molecule has 1 aliphatic rings. The summed E-state index contributed by atoms with van der Waals surface area (Å²) in [5.74, 6) is 0.291. The van der Waals surface area contributed by atoms with Crippen molar-refractivity contribution in [2.24, 2.45) is 5.92 Å². The third-order valence-corrected chi connectivity index (χ3v) is 2.31. The lowest BCUT2D eigenvalue weighted by atomic mass is 9.87. The molecule has 2 atom stereocenters. The summed E-state index contributed by atoms with van der Waals surface area (Å²) in [5, 5.41) is 19.1. The first-order valence-corrected chi connectivity index (χ1v) is 4.28. The zero-order valence-corrected chi connectivity index (χ0v) is 7.78. The molecule has 0 heterocycles. The van der Waals surface area contributed by atoms with Crippen LogP contribution in [-0.4, -0.2) is 22.4 Å². The van der Waals surface area contributed by atoms with E-state index in [9.17, 15) is 10.2 Å². The van der Waals surface area contributed by atoms with Gasteiger partial charge in [-0.05, 0) is 24.0 Å². The molecule has 0 aliphatic heterocycles. The summed E-state index contributed by atoms with van der Waals surface area (Å²) >= 11 is 0. The van der Waals surface area contributed by atoms with Crippen LogP contribution in [0.3, 0.4) is 0 Å². The van der Waals surface area contributed by atoms with E-state index in [2.05, 4.69) is 0 Å². The van der Waals surface area contributed by atoms with Crippen molar-refractivity contribution in [2.45, 2.75) is 33.0 Å². The van der Waals surface area contributed by atoms with Crippen molar-refractivity contribution in [1.82, 2.24) is 0 Å². The van der Waals surface area contributed by atoms with E-state index in [1.807, 2.05) is 32.9 Å². The van der Waals surface area contributed by atoms with E-state index in [-0.39, 0.29) is 0 Å². The summed E-state index contributed by atoms with van der Waals surface area (Å²) < 4.78 is 0. The van der Waals surface area contributed by atoms with Crippen LogP contribution < -0.4 is 0 Å². The van der Waals surface area contributed by atoms with Crippen molar-refractivity contribution in [3.8, 4) is 0 Å². The fourth-order valence-electron chi connectivity index (χ4n) is 1.39. The molecule has 2 N–H and O–H groups in total. The fourth-order valence-corrected chi connectivity index (χ4v) is 1.39. The second-order valence-electron chi connectivity index (χ2n) is 3.62. The molecule has 0 spiro atoms. The molecule has 0 saturated carbocycles. The lowest BCUT2D eigenvalue weighted by Crippen LogP contribution is -2.32. The predicted molar refractivity (Wildman–Crippen MR) is 48.7 cm³/mol. The van der Waals surface area contributed by atoms with Gasteiger partial charge in [-0.25, -0.2) is 0 Å². The summed E-state index contributed by atoms with van der Waals surface area (Å²) in [5.41, 5.74) is 1.74. The molecule has 0 aromatic carbocycles. The van der Waals surface area contributed by atoms with Crippen molar-refractivity contribution in [2.75, 3.05) is 0 Å². The summed E-state index contributed by atoms with van der Waals surface area (Å²) in [6, 6.07) is 0. The van der Waals surface area contributed by atoms with Gasteiger partial charge in [0.1, 0.15) is 12.2 Å². The van der Waals surface area contributed by atoms with Crippen molar-refractivity contribution in [3.05, 3.63) is 23.3 Å². The van der Waals surface area contributed by atoms with E-state index in [4.69, 9.17) is 0 Å². The van der Waals surface area contributed by atoms with Gasteiger partial charge in [-0.3, -0.25) is 0 Å². The smallest absolute Gasteiger partial charge is 0.105 e. The summed E-state index contributed by atoms with van der Waals surface area (Å²) in [4.78, 5) is 0. The van der Waals surface area contributed by atoms with Crippen LogP contribution in [0.25, 0.3) is 0 Å². The first-order chi connectivity index (χ1) is 5.54. The van der Waals surface area contributed by atoms with Gasteiger partial charge in [-0.2, -0.15) is 0 Å². The first-order valence-electron chi connectivity index (χ1n) is 4.28. The zero-order valence-electron chi connectivity index (χ0n) is 7.78. The number of aliphatic hydroxyl groups excluding tert-OH is 2. The van der Waals surface area contributed by atoms with Crippen LogP contribution in [0.5, 0.6) is 0 Å². The Morgan fingerprint density at radius 1 is 1.17 bits per heavy atom. The van der Waals surface area contributed by atoms with Crippen LogP contribution in [0.4, 0.5) is 0 Å². The molecule has 1 aliphatic carbocycles. The maximum Gasteiger partial charge on any atom is 0.105 e. The van der Waals surface area contributed by atoms with Gasteiger partial charge >= 0.3 is 0 Å². The highest BCUT2D eigenvalue weighted by Gasteiger charge is 2.25. The lowest BCUT2D eigenvalue weighted by molar-refractivity contribution is 0.0584. The molecule has 1 rings (SSSR count). The zero-order chi connectivity index (χ0) is 9.30. The average molecular weight is 168 g/mol. The molecule has 2 heteroatoms. The lowest BCUT2D eigenvalue weighted by Gasteiger charge is -2.26. The molecular formula is C10H16O2. The van der Waals surface area contributed by atoms with Crippen molar-refractivity contribution >= 4 is 0 Å². The highest BCUT2D eigenvalue weighted by molar-refractivity contribution is 5.31. The molecule has 0 unspecified atom stereocenters. The van der Waals surface area contributed by atoms with Crippen molar-refractivity contribution in [3.63, 3.8) is 0 Å². The minimum absolute atomic E-state index is 0.291. The van der Waals surface area contributed by atoms with Crippen LogP contribution in [0, 0.1) is 5.92 Å². The van der Waals surface area contributed by atoms with Gasteiger partial charge in [0, 0.05) is 0 Å². The molecule has 0 aromatic heterocycles. The maximum atomic E-state index is 9.62. The third kappa shape index (κ3) is 1.59. The number of allylic oxidation sites excluding steroid dienone is 2. The number of hydrogen-bond donors (Lipinski definition) is 2. The molecule has 2 nitrogen and oxygen atoms in total. The van der Waals surface area contributed by atoms with Gasteiger partial charge in [0.25, 0.3) is 0 Å². The van der Waals surface area contributed by atoms with Crippen LogP contribution in [0.2, 0.25) is 0 Å². The van der Waals surface area contributed by atoms with Crippen LogP contribution in [0.1, 0.15) is 20.8 Å². The predicted octanol–water partition coefficient (Wildman–Crippen LogP) is 1.25. The molecule has 12 heavy (non-hydrogen) atoms. The van der Waals surface area contributed by atoms with E-state index in [0.717, 1.165) is 11.1 Å². The second-order valence-corrected chi connectivity index (χ2v) is 3.62. The van der Waals surface area contributed by atoms with E-state index >= 15 is 0 Å². The summed E-state index contributed by atoms with van der Waals surface area (Å²) in [6.45, 7) is 5.84. The standard InChI is InChI=1S/C10H16O2/c1-6(2)8-5-4-7(3)9(11)10(8)12/h4-6,9-12H,1-3H3/t9-,10+/m0/s1. The normalized spacial score (nSPS) is 30.2. The monoisotopic (exact) mass is 168 g/mol. The second kappa shape index (κ2) is 3.42. The molecule has 68 valence electrons. The van der Waals surface area contributed by atoms with Gasteiger partial charge in [0.2, 0.25) is 0 Å². The van der Waals surface area contributed by atoms with Gasteiger partial charge in [0.15, 0.2) is 0 Å². The fraction of sp³-hybridized carbons (Fsp3) is 0.600. The third-order valence-electron chi connectivity index (χ3n) is 2.31. The first kappa shape index (κ1) is 9.49. The number of aliphatic hydroxyl groups is 2. The number of hydrogen-bond acceptors (Lipinski definition) is 2. The summed E-state index contributed by atoms with van der Waals surface area (Å²) in [6.07, 6.45) is 2.34. The van der Waals surface area contributed by atoms with E-state index in [1.54, 1.807) is 0 Å². The Labute approximate surface area is 73.2 Å². The van der Waals surface area contributed by atoms with Gasteiger partial charge < -0.3 is 10.2 Å². The Hall–Kier alpha value is -0.600. The molecule has 0 bridgehead atoms. The van der Waals surface area contributed by atoms with Gasteiger partial charge in [-0.15, -0.1) is 0 Å². The molecule has 0 aromatic rings. The minimum Gasteiger partial charge on any atom is -0.386 e. The largest absolute Gasteiger partial charge is 0.386 e. The maximum absolute atomic E-state index is 9.62. The van der Waals surface area contributed by atoms with Gasteiger partial charge in [0.05, 0.1) is 0 Å². The average Bonchev–Trinajstić information content (AvgIpc) is 2.00. The topological polar surface area (TPSA) is 40.5 Å². The van der Waals surface area contributed by atoms with Crippen LogP contribution in [0.15, 0.2) is 23.3 Å². The Balaban J connectivity index is 2.90. The van der Waals surface area contributed by atoms with Crippen molar-refractivity contribution in [1.29, 1.82) is 0 Å². The molecular weight excluding hydrogens is 152 g/mol. The SMILES string of the molecule is CC1=CC=C(C(C)C)[C@@H](O)[C@H]1O. The quantitative estimate of drug-likeness (QED) is 0.618. The van der Waals surface area contributed by atoms with E-state index in [1.165, 1.54) is 0 Å². The van der Waals surface area contributed by atoms with Crippen molar-refractivity contribution < 1.29 is 10.2 Å². The molecule has 0 amide bonds. The summed E-state index contributed by atoms with van der Waals surface area (Å²) in [7, 11) is 0. The Kier molecular flexibility index (Phi) is 2.70. The van der Waals surface area contributed by atoms with Gasteiger partial charge in [-0.1, -0.05) is 26.0 Å². The Morgan fingerprint density at radius 2 is 1.75 bits per heavy atom. The molecule has 0 radical (unpaired) electrons. The Bertz CT molecular complexity index is 226. The van der Waals surface area contributed by atoms with E-state index in [0.29, 0.717) is 5.92 Å².